The SMILES string of the molecule is c1ccc(-c2ccccc2-c2c(-c3ccccc3)cccc2N(c2cccc(-c3cccc4c3sc3ccccc34)c2)c2cccc3c2-c2ccccc2C3(c2ccccc2)c2ccccc2)cc1. The second-order valence-corrected chi connectivity index (χ2v) is 18.9. The first-order chi connectivity index (χ1) is 34.3. The number of anilines is 3. The van der Waals surface area contributed by atoms with Gasteiger partial charge in [0.15, 0.2) is 0 Å². The van der Waals surface area contributed by atoms with Gasteiger partial charge in [0.05, 0.1) is 16.8 Å². The van der Waals surface area contributed by atoms with Crippen LogP contribution in [0.4, 0.5) is 17.1 Å². The summed E-state index contributed by atoms with van der Waals surface area (Å²) >= 11 is 1.88. The predicted octanol–water partition coefficient (Wildman–Crippen LogP) is 18.6. The van der Waals surface area contributed by atoms with Crippen molar-refractivity contribution in [3.05, 3.63) is 295 Å². The molecule has 11 aromatic carbocycles. The Hall–Kier alpha value is -8.56. The molecule has 0 aliphatic heterocycles. The van der Waals surface area contributed by atoms with Crippen LogP contribution in [0, 0.1) is 0 Å². The van der Waals surface area contributed by atoms with Crippen LogP contribution in [0.3, 0.4) is 0 Å². The van der Waals surface area contributed by atoms with Crippen molar-refractivity contribution in [2.45, 2.75) is 5.41 Å². The summed E-state index contributed by atoms with van der Waals surface area (Å²) in [6.45, 7) is 0. The first kappa shape index (κ1) is 40.7. The van der Waals surface area contributed by atoms with Gasteiger partial charge in [-0.2, -0.15) is 0 Å². The van der Waals surface area contributed by atoms with E-state index in [1.165, 1.54) is 92.5 Å². The van der Waals surface area contributed by atoms with Crippen molar-refractivity contribution in [3.63, 3.8) is 0 Å². The highest BCUT2D eigenvalue weighted by Crippen LogP contribution is 2.60. The van der Waals surface area contributed by atoms with Gasteiger partial charge in [-0.1, -0.05) is 243 Å². The van der Waals surface area contributed by atoms with Crippen molar-refractivity contribution in [1.82, 2.24) is 0 Å². The zero-order chi connectivity index (χ0) is 45.7. The van der Waals surface area contributed by atoms with Gasteiger partial charge in [0.2, 0.25) is 0 Å². The van der Waals surface area contributed by atoms with Crippen LogP contribution in [0.25, 0.3) is 75.8 Å². The fraction of sp³-hybridized carbons (Fsp3) is 0.0149. The van der Waals surface area contributed by atoms with E-state index < -0.39 is 5.41 Å². The molecule has 13 rings (SSSR count). The molecule has 0 unspecified atom stereocenters. The topological polar surface area (TPSA) is 3.24 Å². The lowest BCUT2D eigenvalue weighted by Crippen LogP contribution is -2.28. The number of rotatable bonds is 9. The highest BCUT2D eigenvalue weighted by molar-refractivity contribution is 7.26. The van der Waals surface area contributed by atoms with Crippen LogP contribution in [0.5, 0.6) is 0 Å². The molecule has 0 bridgehead atoms. The Morgan fingerprint density at radius 3 is 1.51 bits per heavy atom. The van der Waals surface area contributed by atoms with Crippen LogP contribution in [-0.2, 0) is 5.41 Å². The van der Waals surface area contributed by atoms with Crippen LogP contribution in [-0.4, -0.2) is 0 Å². The van der Waals surface area contributed by atoms with Crippen molar-refractivity contribution in [1.29, 1.82) is 0 Å². The number of thiophene rings is 1. The van der Waals surface area contributed by atoms with Gasteiger partial charge in [0, 0.05) is 37.0 Å². The molecule has 0 spiro atoms. The Kier molecular flexibility index (Phi) is 10.00. The fourth-order valence-electron chi connectivity index (χ4n) is 11.3. The molecular weight excluding hydrogens is 851 g/mol. The lowest BCUT2D eigenvalue weighted by Gasteiger charge is -2.35. The lowest BCUT2D eigenvalue weighted by atomic mass is 9.68. The first-order valence-electron chi connectivity index (χ1n) is 23.8. The molecule has 0 amide bonds. The van der Waals surface area contributed by atoms with E-state index >= 15 is 0 Å². The monoisotopic (exact) mass is 895 g/mol. The zero-order valence-corrected chi connectivity index (χ0v) is 38.7. The third kappa shape index (κ3) is 6.60. The third-order valence-electron chi connectivity index (χ3n) is 14.2. The summed E-state index contributed by atoms with van der Waals surface area (Å²) in [6.07, 6.45) is 0. The van der Waals surface area contributed by atoms with E-state index in [1.54, 1.807) is 0 Å². The third-order valence-corrected chi connectivity index (χ3v) is 15.4. The van der Waals surface area contributed by atoms with Crippen molar-refractivity contribution in [2.24, 2.45) is 0 Å². The molecule has 12 aromatic rings. The van der Waals surface area contributed by atoms with Gasteiger partial charge in [-0.05, 0) is 97.1 Å². The molecule has 2 heteroatoms. The number of nitrogens with zero attached hydrogens (tertiary/aromatic N) is 1. The van der Waals surface area contributed by atoms with E-state index in [1.807, 2.05) is 11.3 Å². The van der Waals surface area contributed by atoms with Crippen molar-refractivity contribution in [3.8, 4) is 55.6 Å². The minimum Gasteiger partial charge on any atom is -0.309 e. The van der Waals surface area contributed by atoms with E-state index in [2.05, 4.69) is 278 Å². The van der Waals surface area contributed by atoms with Crippen molar-refractivity contribution >= 4 is 48.6 Å². The van der Waals surface area contributed by atoms with Gasteiger partial charge in [-0.3, -0.25) is 0 Å². The molecule has 69 heavy (non-hydrogen) atoms. The minimum absolute atomic E-state index is 0.566. The molecule has 1 aromatic heterocycles. The first-order valence-corrected chi connectivity index (χ1v) is 24.6. The Balaban J connectivity index is 1.15. The van der Waals surface area contributed by atoms with Gasteiger partial charge >= 0.3 is 0 Å². The van der Waals surface area contributed by atoms with E-state index in [0.717, 1.165) is 22.6 Å². The molecule has 324 valence electrons. The maximum atomic E-state index is 2.57. The molecule has 1 heterocycles. The highest BCUT2D eigenvalue weighted by atomic mass is 32.1. The van der Waals surface area contributed by atoms with Crippen LogP contribution in [0.15, 0.2) is 273 Å². The van der Waals surface area contributed by atoms with Crippen LogP contribution in [0.1, 0.15) is 22.3 Å². The smallest absolute Gasteiger partial charge is 0.0714 e. The minimum atomic E-state index is -0.566. The van der Waals surface area contributed by atoms with Gasteiger partial charge in [0.25, 0.3) is 0 Å². The Labute approximate surface area is 407 Å². The Morgan fingerprint density at radius 2 is 0.783 bits per heavy atom. The molecule has 0 radical (unpaired) electrons. The van der Waals surface area contributed by atoms with Gasteiger partial charge < -0.3 is 4.90 Å². The van der Waals surface area contributed by atoms with Crippen LogP contribution < -0.4 is 4.90 Å². The second-order valence-electron chi connectivity index (χ2n) is 17.9. The average molecular weight is 896 g/mol. The van der Waals surface area contributed by atoms with Gasteiger partial charge in [-0.15, -0.1) is 11.3 Å². The van der Waals surface area contributed by atoms with Crippen molar-refractivity contribution < 1.29 is 0 Å². The molecule has 0 atom stereocenters. The number of fused-ring (bicyclic) bond motifs is 6. The van der Waals surface area contributed by atoms with Crippen molar-refractivity contribution in [2.75, 3.05) is 4.90 Å². The molecule has 0 fully saturated rings. The predicted molar refractivity (Wildman–Crippen MR) is 293 cm³/mol. The van der Waals surface area contributed by atoms with Gasteiger partial charge in [-0.25, -0.2) is 0 Å². The number of hydrogen-bond donors (Lipinski definition) is 0. The zero-order valence-electron chi connectivity index (χ0n) is 37.8. The Bertz CT molecular complexity index is 3800. The summed E-state index contributed by atoms with van der Waals surface area (Å²) in [7, 11) is 0. The van der Waals surface area contributed by atoms with E-state index in [-0.39, 0.29) is 0 Å². The number of hydrogen-bond acceptors (Lipinski definition) is 2. The summed E-state index contributed by atoms with van der Waals surface area (Å²) in [5.74, 6) is 0. The van der Waals surface area contributed by atoms with E-state index in [9.17, 15) is 0 Å². The fourth-order valence-corrected chi connectivity index (χ4v) is 12.5. The summed E-state index contributed by atoms with van der Waals surface area (Å²) in [6, 6.07) is 101. The largest absolute Gasteiger partial charge is 0.309 e. The van der Waals surface area contributed by atoms with Gasteiger partial charge in [0.1, 0.15) is 0 Å². The Morgan fingerprint density at radius 1 is 0.304 bits per heavy atom. The summed E-state index contributed by atoms with van der Waals surface area (Å²) in [4.78, 5) is 2.57. The van der Waals surface area contributed by atoms with Crippen LogP contribution >= 0.6 is 11.3 Å². The maximum Gasteiger partial charge on any atom is 0.0714 e. The molecule has 0 saturated heterocycles. The summed E-state index contributed by atoms with van der Waals surface area (Å²) in [5, 5.41) is 2.59. The molecular formula is C67H45NS. The quantitative estimate of drug-likeness (QED) is 0.140. The molecule has 1 aliphatic carbocycles. The van der Waals surface area contributed by atoms with E-state index in [4.69, 9.17) is 0 Å². The molecule has 0 N–H and O–H groups in total. The highest BCUT2D eigenvalue weighted by Gasteiger charge is 2.47. The molecule has 0 saturated carbocycles. The lowest BCUT2D eigenvalue weighted by molar-refractivity contribution is 0.768. The average Bonchev–Trinajstić information content (AvgIpc) is 3.97. The van der Waals surface area contributed by atoms with E-state index in [0.29, 0.717) is 0 Å². The van der Waals surface area contributed by atoms with Crippen LogP contribution in [0.2, 0.25) is 0 Å². The maximum absolute atomic E-state index is 2.57. The molecule has 1 nitrogen and oxygen atoms in total. The normalized spacial score (nSPS) is 12.5. The number of benzene rings is 11. The molecule has 1 aliphatic rings. The summed E-state index contributed by atoms with van der Waals surface area (Å²) < 4.78 is 2.60. The summed E-state index contributed by atoms with van der Waals surface area (Å²) in [5.41, 5.74) is 19.7. The second kappa shape index (κ2) is 16.9. The standard InChI is InChI=1S/C67H45NS/c1-5-23-46(24-6-1)52-33-13-14-35-56(52)64-53(47-25-7-2-8-26-47)37-21-42-61(64)68(51-32-19-27-48(45-51)54-38-20-39-57-55-34-16-18-44-63(55)69-66(54)57)62-43-22-41-60-65(62)58-36-15-17-40-59(58)67(60,49-28-9-3-10-29-49)50-30-11-4-12-31-50/h1-45H.